The van der Waals surface area contributed by atoms with Crippen LogP contribution in [0.25, 0.3) is 5.65 Å². The van der Waals surface area contributed by atoms with Gasteiger partial charge < -0.3 is 4.90 Å². The molecule has 138 valence electrons. The fraction of sp³-hybridized carbons (Fsp3) is 0.278. The molecule has 1 amide bonds. The van der Waals surface area contributed by atoms with Crippen molar-refractivity contribution >= 4 is 28.8 Å². The number of amides is 1. The van der Waals surface area contributed by atoms with Gasteiger partial charge in [-0.1, -0.05) is 17.7 Å². The molecular formula is C18H16ClN5O3. The molecule has 0 bridgehead atoms. The van der Waals surface area contributed by atoms with E-state index in [-0.39, 0.29) is 28.1 Å². The zero-order chi connectivity index (χ0) is 19.0. The van der Waals surface area contributed by atoms with Gasteiger partial charge in [-0.3, -0.25) is 19.3 Å². The number of nitrogens with zero attached hydrogens (tertiary/aromatic N) is 5. The molecule has 0 radical (unpaired) electrons. The van der Waals surface area contributed by atoms with E-state index in [1.54, 1.807) is 4.90 Å². The number of nitro groups is 1. The van der Waals surface area contributed by atoms with Crippen LogP contribution in [-0.2, 0) is 0 Å². The lowest BCUT2D eigenvalue weighted by Crippen LogP contribution is -2.39. The van der Waals surface area contributed by atoms with E-state index in [1.165, 1.54) is 18.2 Å². The molecule has 1 fully saturated rings. The van der Waals surface area contributed by atoms with Crippen molar-refractivity contribution in [2.24, 2.45) is 0 Å². The summed E-state index contributed by atoms with van der Waals surface area (Å²) < 4.78 is 1.92. The van der Waals surface area contributed by atoms with Crippen molar-refractivity contribution in [2.75, 3.05) is 13.1 Å². The lowest BCUT2D eigenvalue weighted by Gasteiger charge is -2.32. The maximum absolute atomic E-state index is 13.0. The molecule has 0 spiro atoms. The molecule has 1 aliphatic heterocycles. The van der Waals surface area contributed by atoms with Crippen LogP contribution >= 0.6 is 11.6 Å². The Hall–Kier alpha value is -3.00. The molecule has 1 unspecified atom stereocenters. The molecule has 0 N–H and O–H groups in total. The maximum atomic E-state index is 13.0. The Labute approximate surface area is 159 Å². The molecule has 1 aromatic carbocycles. The maximum Gasteiger partial charge on any atom is 0.283 e. The number of pyridine rings is 1. The first-order valence-corrected chi connectivity index (χ1v) is 8.95. The van der Waals surface area contributed by atoms with Gasteiger partial charge in [0.2, 0.25) is 0 Å². The summed E-state index contributed by atoms with van der Waals surface area (Å²) in [4.78, 5) is 25.3. The van der Waals surface area contributed by atoms with Crippen molar-refractivity contribution in [3.63, 3.8) is 0 Å². The summed E-state index contributed by atoms with van der Waals surface area (Å²) in [5.74, 6) is 0.456. The van der Waals surface area contributed by atoms with E-state index in [0.29, 0.717) is 13.1 Å². The first kappa shape index (κ1) is 17.4. The van der Waals surface area contributed by atoms with Gasteiger partial charge in [-0.15, -0.1) is 10.2 Å². The first-order valence-electron chi connectivity index (χ1n) is 8.57. The number of rotatable bonds is 3. The highest BCUT2D eigenvalue weighted by Gasteiger charge is 2.31. The standard InChI is InChI=1S/C18H16ClN5O3/c19-13-6-7-14(15(10-13)24(26)27)18(25)22-8-3-4-12(11-22)17-21-20-16-5-1-2-9-23(16)17/h1-2,5-7,9-10,12H,3-4,8,11H2. The van der Waals surface area contributed by atoms with E-state index < -0.39 is 4.92 Å². The second kappa shape index (κ2) is 6.96. The molecule has 9 heteroatoms. The molecule has 0 saturated carbocycles. The molecular weight excluding hydrogens is 370 g/mol. The summed E-state index contributed by atoms with van der Waals surface area (Å²) in [5, 5.41) is 20.0. The van der Waals surface area contributed by atoms with Crippen LogP contribution < -0.4 is 0 Å². The van der Waals surface area contributed by atoms with Crippen LogP contribution in [0.5, 0.6) is 0 Å². The number of nitro benzene ring substituents is 1. The van der Waals surface area contributed by atoms with Crippen molar-refractivity contribution in [1.29, 1.82) is 0 Å². The number of aromatic nitrogens is 3. The average molecular weight is 386 g/mol. The molecule has 3 aromatic rings. The summed E-state index contributed by atoms with van der Waals surface area (Å²) in [7, 11) is 0. The monoisotopic (exact) mass is 385 g/mol. The number of hydrogen-bond acceptors (Lipinski definition) is 5. The smallest absolute Gasteiger partial charge is 0.283 e. The second-order valence-electron chi connectivity index (χ2n) is 6.50. The zero-order valence-electron chi connectivity index (χ0n) is 14.3. The van der Waals surface area contributed by atoms with Crippen LogP contribution in [0.4, 0.5) is 5.69 Å². The van der Waals surface area contributed by atoms with Gasteiger partial charge in [0, 0.05) is 36.3 Å². The van der Waals surface area contributed by atoms with Gasteiger partial charge in [0.15, 0.2) is 5.65 Å². The van der Waals surface area contributed by atoms with E-state index in [4.69, 9.17) is 11.6 Å². The molecule has 4 rings (SSSR count). The summed E-state index contributed by atoms with van der Waals surface area (Å²) >= 11 is 5.85. The van der Waals surface area contributed by atoms with Gasteiger partial charge in [-0.05, 0) is 37.1 Å². The Kier molecular flexibility index (Phi) is 4.49. The molecule has 1 atom stereocenters. The van der Waals surface area contributed by atoms with Crippen LogP contribution in [0.3, 0.4) is 0 Å². The normalized spacial score (nSPS) is 17.2. The minimum absolute atomic E-state index is 0.0199. The summed E-state index contributed by atoms with van der Waals surface area (Å²) in [5.41, 5.74) is 0.531. The minimum atomic E-state index is -0.577. The predicted octanol–water partition coefficient (Wildman–Crippen LogP) is 3.31. The van der Waals surface area contributed by atoms with E-state index in [1.807, 2.05) is 28.8 Å². The first-order chi connectivity index (χ1) is 13.0. The van der Waals surface area contributed by atoms with Gasteiger partial charge in [0.25, 0.3) is 11.6 Å². The fourth-order valence-corrected chi connectivity index (χ4v) is 3.68. The van der Waals surface area contributed by atoms with Gasteiger partial charge in [0.05, 0.1) is 4.92 Å². The Morgan fingerprint density at radius 1 is 1.26 bits per heavy atom. The Morgan fingerprint density at radius 2 is 2.11 bits per heavy atom. The Balaban J connectivity index is 1.62. The minimum Gasteiger partial charge on any atom is -0.338 e. The third-order valence-electron chi connectivity index (χ3n) is 4.80. The van der Waals surface area contributed by atoms with Crippen molar-refractivity contribution in [1.82, 2.24) is 19.5 Å². The number of likely N-dealkylation sites (tertiary alicyclic amines) is 1. The van der Waals surface area contributed by atoms with Gasteiger partial charge in [-0.2, -0.15) is 0 Å². The highest BCUT2D eigenvalue weighted by molar-refractivity contribution is 6.31. The lowest BCUT2D eigenvalue weighted by atomic mass is 9.96. The molecule has 1 saturated heterocycles. The van der Waals surface area contributed by atoms with E-state index >= 15 is 0 Å². The number of carbonyl (C=O) groups excluding carboxylic acids is 1. The molecule has 27 heavy (non-hydrogen) atoms. The van der Waals surface area contributed by atoms with Crippen molar-refractivity contribution in [3.05, 3.63) is 69.1 Å². The molecule has 8 nitrogen and oxygen atoms in total. The second-order valence-corrected chi connectivity index (χ2v) is 6.93. The van der Waals surface area contributed by atoms with Crippen LogP contribution in [-0.4, -0.2) is 43.4 Å². The summed E-state index contributed by atoms with van der Waals surface area (Å²) in [6.07, 6.45) is 3.57. The van der Waals surface area contributed by atoms with Crippen molar-refractivity contribution in [2.45, 2.75) is 18.8 Å². The fourth-order valence-electron chi connectivity index (χ4n) is 3.52. The third-order valence-corrected chi connectivity index (χ3v) is 5.04. The molecule has 0 aliphatic carbocycles. The highest BCUT2D eigenvalue weighted by atomic mass is 35.5. The van der Waals surface area contributed by atoms with Gasteiger partial charge in [-0.25, -0.2) is 0 Å². The van der Waals surface area contributed by atoms with Gasteiger partial charge >= 0.3 is 0 Å². The lowest BCUT2D eigenvalue weighted by molar-refractivity contribution is -0.385. The van der Waals surface area contributed by atoms with Crippen LogP contribution in [0.1, 0.15) is 34.9 Å². The summed E-state index contributed by atoms with van der Waals surface area (Å²) in [6.45, 7) is 0.986. The number of piperidine rings is 1. The van der Waals surface area contributed by atoms with Gasteiger partial charge in [0.1, 0.15) is 11.4 Å². The zero-order valence-corrected chi connectivity index (χ0v) is 15.0. The number of hydrogen-bond donors (Lipinski definition) is 0. The summed E-state index contributed by atoms with van der Waals surface area (Å²) in [6, 6.07) is 9.79. The SMILES string of the molecule is O=C(c1ccc(Cl)cc1[N+](=O)[O-])N1CCCC(c2nnc3ccccn23)C1. The topological polar surface area (TPSA) is 93.6 Å². The number of halogens is 1. The van der Waals surface area contributed by atoms with Crippen molar-refractivity contribution < 1.29 is 9.72 Å². The largest absolute Gasteiger partial charge is 0.338 e. The quantitative estimate of drug-likeness (QED) is 0.509. The van der Waals surface area contributed by atoms with Crippen LogP contribution in [0, 0.1) is 10.1 Å². The predicted molar refractivity (Wildman–Crippen MR) is 99.0 cm³/mol. The third kappa shape index (κ3) is 3.23. The molecule has 3 heterocycles. The Morgan fingerprint density at radius 3 is 2.93 bits per heavy atom. The molecule has 1 aliphatic rings. The number of fused-ring (bicyclic) bond motifs is 1. The number of benzene rings is 1. The molecule has 2 aromatic heterocycles. The van der Waals surface area contributed by atoms with Crippen molar-refractivity contribution in [3.8, 4) is 0 Å². The van der Waals surface area contributed by atoms with Crippen LogP contribution in [0.15, 0.2) is 42.6 Å². The Bertz CT molecular complexity index is 1030. The van der Waals surface area contributed by atoms with E-state index in [9.17, 15) is 14.9 Å². The number of carbonyl (C=O) groups is 1. The van der Waals surface area contributed by atoms with E-state index in [0.717, 1.165) is 24.3 Å². The van der Waals surface area contributed by atoms with Crippen LogP contribution in [0.2, 0.25) is 5.02 Å². The average Bonchev–Trinajstić information content (AvgIpc) is 3.11. The highest BCUT2D eigenvalue weighted by Crippen LogP contribution is 2.29. The van der Waals surface area contributed by atoms with E-state index in [2.05, 4.69) is 10.2 Å².